The van der Waals surface area contributed by atoms with Gasteiger partial charge in [-0.25, -0.2) is 4.98 Å². The van der Waals surface area contributed by atoms with Gasteiger partial charge in [0.05, 0.1) is 18.1 Å². The minimum atomic E-state index is -2.85. The van der Waals surface area contributed by atoms with Crippen LogP contribution in [-0.4, -0.2) is 16.6 Å². The summed E-state index contributed by atoms with van der Waals surface area (Å²) in [5.41, 5.74) is 0.751. The van der Waals surface area contributed by atoms with Gasteiger partial charge >= 0.3 is 6.61 Å². The van der Waals surface area contributed by atoms with Crippen LogP contribution in [0.3, 0.4) is 0 Å². The average molecular weight is 218 g/mol. The van der Waals surface area contributed by atoms with Gasteiger partial charge in [0.2, 0.25) is 5.88 Å². The van der Waals surface area contributed by atoms with Gasteiger partial charge in [0.1, 0.15) is 0 Å². The maximum atomic E-state index is 11.7. The lowest BCUT2D eigenvalue weighted by atomic mass is 10.1. The van der Waals surface area contributed by atoms with Gasteiger partial charge in [-0.1, -0.05) is 27.7 Å². The van der Waals surface area contributed by atoms with Crippen molar-refractivity contribution in [1.82, 2.24) is 9.97 Å². The molecule has 0 N–H and O–H groups in total. The molecule has 1 heterocycles. The van der Waals surface area contributed by atoms with Gasteiger partial charge in [-0.2, -0.15) is 8.78 Å². The third-order valence-corrected chi connectivity index (χ3v) is 1.45. The summed E-state index contributed by atoms with van der Waals surface area (Å²) in [6.45, 7) is 5.04. The Morgan fingerprint density at radius 3 is 2.07 bits per heavy atom. The van der Waals surface area contributed by atoms with E-state index in [2.05, 4.69) is 14.7 Å². The van der Waals surface area contributed by atoms with E-state index >= 15 is 0 Å². The largest absolute Gasteiger partial charge is 0.415 e. The molecular weight excluding hydrogens is 202 g/mol. The van der Waals surface area contributed by atoms with Gasteiger partial charge in [-0.3, -0.25) is 4.98 Å². The lowest BCUT2D eigenvalue weighted by molar-refractivity contribution is -0.0531. The molecule has 86 valence electrons. The molecule has 1 rings (SSSR count). The van der Waals surface area contributed by atoms with E-state index in [1.54, 1.807) is 0 Å². The third kappa shape index (κ3) is 5.24. The number of nitrogens with zero attached hydrogens (tertiary/aromatic N) is 2. The summed E-state index contributed by atoms with van der Waals surface area (Å²) in [4.78, 5) is 7.59. The smallest absolute Gasteiger partial charge is 0.388 e. The molecule has 0 radical (unpaired) electrons. The Labute approximate surface area is 88.5 Å². The maximum absolute atomic E-state index is 11.7. The highest BCUT2D eigenvalue weighted by Gasteiger charge is 2.06. The number of ether oxygens (including phenoxy) is 1. The number of alkyl halides is 2. The average Bonchev–Trinajstić information content (AvgIpc) is 2.20. The van der Waals surface area contributed by atoms with Gasteiger partial charge in [-0.05, 0) is 5.92 Å². The molecule has 0 aromatic carbocycles. The van der Waals surface area contributed by atoms with Crippen LogP contribution in [0.25, 0.3) is 0 Å². The molecule has 0 amide bonds. The Bertz CT molecular complexity index is 263. The quantitative estimate of drug-likeness (QED) is 0.781. The number of hydrogen-bond donors (Lipinski definition) is 0. The summed E-state index contributed by atoms with van der Waals surface area (Å²) in [5, 5.41) is 0. The van der Waals surface area contributed by atoms with E-state index in [4.69, 9.17) is 0 Å². The van der Waals surface area contributed by atoms with E-state index in [0.717, 1.165) is 5.69 Å². The highest BCUT2D eigenvalue weighted by molar-refractivity contribution is 5.09. The molecule has 0 atom stereocenters. The second-order valence-corrected chi connectivity index (χ2v) is 2.81. The van der Waals surface area contributed by atoms with E-state index in [1.165, 1.54) is 12.4 Å². The van der Waals surface area contributed by atoms with Crippen LogP contribution in [0.15, 0.2) is 12.4 Å². The minimum absolute atomic E-state index is 0.153. The van der Waals surface area contributed by atoms with E-state index in [-0.39, 0.29) is 11.8 Å². The minimum Gasteiger partial charge on any atom is -0.415 e. The molecule has 0 aliphatic carbocycles. The lowest BCUT2D eigenvalue weighted by Crippen LogP contribution is -2.04. The highest BCUT2D eigenvalue weighted by Crippen LogP contribution is 2.13. The van der Waals surface area contributed by atoms with Crippen LogP contribution in [0.5, 0.6) is 5.88 Å². The molecule has 1 aromatic rings. The topological polar surface area (TPSA) is 35.0 Å². The second-order valence-electron chi connectivity index (χ2n) is 2.81. The number of rotatable bonds is 3. The Kier molecular flexibility index (Phi) is 6.49. The van der Waals surface area contributed by atoms with Crippen LogP contribution in [0.2, 0.25) is 0 Å². The zero-order valence-corrected chi connectivity index (χ0v) is 9.37. The van der Waals surface area contributed by atoms with Crippen LogP contribution in [0.1, 0.15) is 39.3 Å². The second kappa shape index (κ2) is 7.09. The first kappa shape index (κ1) is 13.7. The molecular formula is C10H16F2N2O. The monoisotopic (exact) mass is 218 g/mol. The van der Waals surface area contributed by atoms with Crippen molar-refractivity contribution in [1.29, 1.82) is 0 Å². The van der Waals surface area contributed by atoms with Crippen LogP contribution in [-0.2, 0) is 0 Å². The Hall–Kier alpha value is -1.26. The van der Waals surface area contributed by atoms with Crippen molar-refractivity contribution in [2.24, 2.45) is 0 Å². The molecule has 0 fully saturated rings. The predicted octanol–water partition coefficient (Wildman–Crippen LogP) is 3.23. The van der Waals surface area contributed by atoms with Crippen LogP contribution in [0.4, 0.5) is 8.78 Å². The summed E-state index contributed by atoms with van der Waals surface area (Å²) in [6, 6.07) is 0. The van der Waals surface area contributed by atoms with Crippen molar-refractivity contribution < 1.29 is 13.5 Å². The number of aromatic nitrogens is 2. The lowest BCUT2D eigenvalue weighted by Gasteiger charge is -2.05. The molecule has 0 unspecified atom stereocenters. The van der Waals surface area contributed by atoms with Crippen molar-refractivity contribution in [3.05, 3.63) is 18.1 Å². The molecule has 0 saturated carbocycles. The van der Waals surface area contributed by atoms with Crippen molar-refractivity contribution in [3.63, 3.8) is 0 Å². The number of hydrogen-bond acceptors (Lipinski definition) is 3. The fraction of sp³-hybridized carbons (Fsp3) is 0.600. The first-order chi connectivity index (χ1) is 7.09. The molecule has 0 saturated heterocycles. The first-order valence-electron chi connectivity index (χ1n) is 4.86. The summed E-state index contributed by atoms with van der Waals surface area (Å²) >= 11 is 0. The Balaban J connectivity index is 0.000000921. The van der Waals surface area contributed by atoms with Crippen LogP contribution in [0, 0.1) is 0 Å². The van der Waals surface area contributed by atoms with Gasteiger partial charge in [0.25, 0.3) is 0 Å². The van der Waals surface area contributed by atoms with Crippen molar-refractivity contribution in [2.75, 3.05) is 0 Å². The molecule has 15 heavy (non-hydrogen) atoms. The Morgan fingerprint density at radius 1 is 1.13 bits per heavy atom. The highest BCUT2D eigenvalue weighted by atomic mass is 19.3. The SMILES string of the molecule is CC.CC(C)c1cnc(OC(F)F)cn1. The number of halogens is 2. The van der Waals surface area contributed by atoms with E-state index in [0.29, 0.717) is 0 Å². The van der Waals surface area contributed by atoms with Crippen molar-refractivity contribution in [2.45, 2.75) is 40.2 Å². The zero-order valence-electron chi connectivity index (χ0n) is 9.37. The van der Waals surface area contributed by atoms with Gasteiger partial charge in [-0.15, -0.1) is 0 Å². The van der Waals surface area contributed by atoms with E-state index in [9.17, 15) is 8.78 Å². The standard InChI is InChI=1S/C8H10F2N2O.C2H6/c1-5(2)6-3-12-7(4-11-6)13-8(9)10;1-2/h3-5,8H,1-2H3;1-2H3. The molecule has 0 bridgehead atoms. The fourth-order valence-corrected chi connectivity index (χ4v) is 0.776. The molecule has 0 spiro atoms. The molecule has 0 aliphatic heterocycles. The maximum Gasteiger partial charge on any atom is 0.388 e. The van der Waals surface area contributed by atoms with Crippen LogP contribution >= 0.6 is 0 Å². The fourth-order valence-electron chi connectivity index (χ4n) is 0.776. The summed E-state index contributed by atoms with van der Waals surface area (Å²) in [7, 11) is 0. The third-order valence-electron chi connectivity index (χ3n) is 1.45. The van der Waals surface area contributed by atoms with Crippen molar-refractivity contribution in [3.8, 4) is 5.88 Å². The summed E-state index contributed by atoms with van der Waals surface area (Å²) in [6.07, 6.45) is 2.63. The van der Waals surface area contributed by atoms with Crippen molar-refractivity contribution >= 4 is 0 Å². The predicted molar refractivity (Wildman–Crippen MR) is 54.1 cm³/mol. The molecule has 0 aliphatic rings. The van der Waals surface area contributed by atoms with Crippen LogP contribution < -0.4 is 4.74 Å². The molecule has 3 nitrogen and oxygen atoms in total. The molecule has 1 aromatic heterocycles. The van der Waals surface area contributed by atoms with Gasteiger partial charge in [0.15, 0.2) is 0 Å². The summed E-state index contributed by atoms with van der Waals surface area (Å²) in [5.74, 6) is 0.0764. The summed E-state index contributed by atoms with van der Waals surface area (Å²) < 4.78 is 27.4. The zero-order chi connectivity index (χ0) is 11.8. The van der Waals surface area contributed by atoms with E-state index < -0.39 is 6.61 Å². The first-order valence-corrected chi connectivity index (χ1v) is 4.86. The molecule has 5 heteroatoms. The normalized spacial score (nSPS) is 9.87. The Morgan fingerprint density at radius 2 is 1.73 bits per heavy atom. The van der Waals surface area contributed by atoms with Gasteiger partial charge < -0.3 is 4.74 Å². The van der Waals surface area contributed by atoms with E-state index in [1.807, 2.05) is 27.7 Å². The van der Waals surface area contributed by atoms with Gasteiger partial charge in [0, 0.05) is 0 Å².